The summed E-state index contributed by atoms with van der Waals surface area (Å²) < 4.78 is 41.3. The molecule has 1 saturated heterocycles. The van der Waals surface area contributed by atoms with Crippen LogP contribution in [0.4, 0.5) is 10.1 Å². The zero-order valence-corrected chi connectivity index (χ0v) is 20.2. The van der Waals surface area contributed by atoms with Gasteiger partial charge in [0.1, 0.15) is 5.82 Å². The van der Waals surface area contributed by atoms with Gasteiger partial charge in [-0.05, 0) is 48.5 Å². The quantitative estimate of drug-likeness (QED) is 0.574. The Balaban J connectivity index is 1.56. The molecule has 9 nitrogen and oxygen atoms in total. The molecule has 5 rings (SSSR count). The second-order valence-corrected chi connectivity index (χ2v) is 11.4. The monoisotopic (exact) mass is 505 g/mol. The fourth-order valence-electron chi connectivity index (χ4n) is 4.56. The molecule has 0 radical (unpaired) electrons. The molecule has 0 aliphatic carbocycles. The SMILES string of the molecule is CN1CC[C@@H](n2nnc(-c3cc4c(cc3F)S(=O)(=O)C[C@H](N)CN4Cc3ccc(Cl)cc3)n2)C1. The van der Waals surface area contributed by atoms with E-state index in [1.807, 2.05) is 24.1 Å². The molecule has 2 aromatic carbocycles. The molecular formula is C22H25ClFN7O2S. The zero-order chi connectivity index (χ0) is 24.0. The minimum atomic E-state index is -3.79. The van der Waals surface area contributed by atoms with Crippen molar-refractivity contribution < 1.29 is 12.8 Å². The third-order valence-electron chi connectivity index (χ3n) is 6.26. The first-order chi connectivity index (χ1) is 16.2. The van der Waals surface area contributed by atoms with Crippen molar-refractivity contribution in [2.45, 2.75) is 29.9 Å². The standard InChI is InChI=1S/C22H25ClFN7O2S/c1-29-7-6-17(12-29)31-27-22(26-28-31)18-8-20-21(9-19(18)24)34(32,33)13-16(25)11-30(20)10-14-2-4-15(23)5-3-14/h2-5,8-9,16-17H,6-7,10-13,25H2,1H3/t16-,17-/m1/s1. The van der Waals surface area contributed by atoms with Crippen molar-refractivity contribution in [2.24, 2.45) is 5.73 Å². The molecule has 12 heteroatoms. The summed E-state index contributed by atoms with van der Waals surface area (Å²) in [5.74, 6) is -0.862. The number of likely N-dealkylation sites (tertiary alicyclic amines) is 1. The number of likely N-dealkylation sites (N-methyl/N-ethyl adjacent to an activating group) is 1. The van der Waals surface area contributed by atoms with Gasteiger partial charge in [-0.2, -0.15) is 4.80 Å². The summed E-state index contributed by atoms with van der Waals surface area (Å²) in [6, 6.07) is 9.25. The van der Waals surface area contributed by atoms with E-state index in [0.29, 0.717) is 17.3 Å². The van der Waals surface area contributed by atoms with E-state index in [-0.39, 0.29) is 34.6 Å². The Morgan fingerprint density at radius 3 is 2.68 bits per heavy atom. The largest absolute Gasteiger partial charge is 0.365 e. The number of tetrazole rings is 1. The van der Waals surface area contributed by atoms with E-state index >= 15 is 4.39 Å². The summed E-state index contributed by atoms with van der Waals surface area (Å²) in [6.45, 7) is 2.38. The van der Waals surface area contributed by atoms with Crippen molar-refractivity contribution in [1.29, 1.82) is 0 Å². The van der Waals surface area contributed by atoms with Crippen LogP contribution >= 0.6 is 11.6 Å². The Bertz CT molecular complexity index is 1320. The van der Waals surface area contributed by atoms with E-state index in [9.17, 15) is 8.42 Å². The molecule has 2 aliphatic rings. The lowest BCUT2D eigenvalue weighted by Gasteiger charge is -2.26. The Hall–Kier alpha value is -2.60. The molecule has 2 aliphatic heterocycles. The predicted molar refractivity (Wildman–Crippen MR) is 127 cm³/mol. The Morgan fingerprint density at radius 2 is 1.97 bits per heavy atom. The van der Waals surface area contributed by atoms with Crippen LogP contribution in [0.3, 0.4) is 0 Å². The molecule has 180 valence electrons. The lowest BCUT2D eigenvalue weighted by molar-refractivity contribution is 0.360. The first-order valence-corrected chi connectivity index (χ1v) is 13.0. The van der Waals surface area contributed by atoms with E-state index in [2.05, 4.69) is 20.3 Å². The van der Waals surface area contributed by atoms with Gasteiger partial charge in [-0.1, -0.05) is 23.7 Å². The van der Waals surface area contributed by atoms with Crippen molar-refractivity contribution in [3.8, 4) is 11.4 Å². The minimum Gasteiger partial charge on any atom is -0.365 e. The smallest absolute Gasteiger partial charge is 0.207 e. The molecule has 3 aromatic rings. The molecule has 34 heavy (non-hydrogen) atoms. The number of nitrogens with zero attached hydrogens (tertiary/aromatic N) is 6. The highest BCUT2D eigenvalue weighted by Gasteiger charge is 2.33. The molecule has 0 unspecified atom stereocenters. The number of rotatable bonds is 4. The topological polar surface area (TPSA) is 110 Å². The third kappa shape index (κ3) is 4.52. The van der Waals surface area contributed by atoms with Gasteiger partial charge in [0.15, 0.2) is 9.84 Å². The van der Waals surface area contributed by atoms with Crippen LogP contribution < -0.4 is 10.6 Å². The summed E-state index contributed by atoms with van der Waals surface area (Å²) in [7, 11) is -1.77. The fourth-order valence-corrected chi connectivity index (χ4v) is 6.33. The summed E-state index contributed by atoms with van der Waals surface area (Å²) in [5, 5.41) is 13.2. The average molecular weight is 506 g/mol. The van der Waals surface area contributed by atoms with Crippen LogP contribution in [0.2, 0.25) is 5.02 Å². The van der Waals surface area contributed by atoms with Gasteiger partial charge in [-0.3, -0.25) is 0 Å². The van der Waals surface area contributed by atoms with E-state index in [1.165, 1.54) is 10.9 Å². The molecule has 2 N–H and O–H groups in total. The van der Waals surface area contributed by atoms with E-state index in [0.717, 1.165) is 31.1 Å². The normalized spacial score (nSPS) is 22.5. The first-order valence-electron chi connectivity index (χ1n) is 11.0. The molecule has 1 fully saturated rings. The van der Waals surface area contributed by atoms with Crippen LogP contribution in [0, 0.1) is 5.82 Å². The highest BCUT2D eigenvalue weighted by Crippen LogP contribution is 2.36. The number of hydrogen-bond acceptors (Lipinski definition) is 8. The number of fused-ring (bicyclic) bond motifs is 1. The van der Waals surface area contributed by atoms with Gasteiger partial charge in [0.2, 0.25) is 5.82 Å². The second kappa shape index (κ2) is 8.88. The summed E-state index contributed by atoms with van der Waals surface area (Å²) in [6.07, 6.45) is 0.879. The number of halogens is 2. The van der Waals surface area contributed by atoms with Crippen molar-refractivity contribution >= 4 is 27.1 Å². The molecular weight excluding hydrogens is 481 g/mol. The van der Waals surface area contributed by atoms with Gasteiger partial charge >= 0.3 is 0 Å². The van der Waals surface area contributed by atoms with Gasteiger partial charge in [0, 0.05) is 37.2 Å². The molecule has 0 amide bonds. The van der Waals surface area contributed by atoms with Crippen molar-refractivity contribution in [3.05, 3.63) is 52.8 Å². The number of benzene rings is 2. The number of aromatic nitrogens is 4. The van der Waals surface area contributed by atoms with E-state index in [4.69, 9.17) is 17.3 Å². The molecule has 1 aromatic heterocycles. The summed E-state index contributed by atoms with van der Waals surface area (Å²) >= 11 is 6.01. The van der Waals surface area contributed by atoms with Gasteiger partial charge in [-0.25, -0.2) is 12.8 Å². The highest BCUT2D eigenvalue weighted by molar-refractivity contribution is 7.91. The predicted octanol–water partition coefficient (Wildman–Crippen LogP) is 2.13. The van der Waals surface area contributed by atoms with E-state index in [1.54, 1.807) is 12.1 Å². The average Bonchev–Trinajstić information content (AvgIpc) is 3.41. The zero-order valence-electron chi connectivity index (χ0n) is 18.6. The van der Waals surface area contributed by atoms with Crippen LogP contribution in [0.25, 0.3) is 11.4 Å². The molecule has 0 spiro atoms. The van der Waals surface area contributed by atoms with Crippen molar-refractivity contribution in [2.75, 3.05) is 37.3 Å². The number of nitrogens with two attached hydrogens (primary N) is 1. The minimum absolute atomic E-state index is 0.0647. The van der Waals surface area contributed by atoms with Crippen LogP contribution in [0.1, 0.15) is 18.0 Å². The Kier molecular flexibility index (Phi) is 6.05. The van der Waals surface area contributed by atoms with Crippen LogP contribution in [0.15, 0.2) is 41.3 Å². The molecule has 3 heterocycles. The lowest BCUT2D eigenvalue weighted by atomic mass is 10.1. The molecule has 2 atom stereocenters. The first kappa shape index (κ1) is 23.2. The molecule has 0 saturated carbocycles. The van der Waals surface area contributed by atoms with Crippen LogP contribution in [0.5, 0.6) is 0 Å². The maximum atomic E-state index is 15.2. The Labute approximate surface area is 202 Å². The maximum Gasteiger partial charge on any atom is 0.207 e. The van der Waals surface area contributed by atoms with Gasteiger partial charge in [0.05, 0.1) is 27.9 Å². The van der Waals surface area contributed by atoms with Gasteiger partial charge in [0.25, 0.3) is 0 Å². The van der Waals surface area contributed by atoms with Gasteiger partial charge < -0.3 is 15.5 Å². The number of anilines is 1. The van der Waals surface area contributed by atoms with Crippen molar-refractivity contribution in [3.63, 3.8) is 0 Å². The molecule has 0 bridgehead atoms. The number of sulfone groups is 1. The second-order valence-electron chi connectivity index (χ2n) is 8.99. The summed E-state index contributed by atoms with van der Waals surface area (Å²) in [4.78, 5) is 5.45. The van der Waals surface area contributed by atoms with Crippen LogP contribution in [-0.2, 0) is 16.4 Å². The highest BCUT2D eigenvalue weighted by atomic mass is 35.5. The summed E-state index contributed by atoms with van der Waals surface area (Å²) in [5.41, 5.74) is 7.54. The Morgan fingerprint density at radius 1 is 1.21 bits per heavy atom. The van der Waals surface area contributed by atoms with Crippen molar-refractivity contribution in [1.82, 2.24) is 25.1 Å². The van der Waals surface area contributed by atoms with Crippen LogP contribution in [-0.4, -0.2) is 72.0 Å². The van der Waals surface area contributed by atoms with Gasteiger partial charge in [-0.15, -0.1) is 10.2 Å². The number of hydrogen-bond donors (Lipinski definition) is 1. The maximum absolute atomic E-state index is 15.2. The third-order valence-corrected chi connectivity index (χ3v) is 8.38. The van der Waals surface area contributed by atoms with E-state index < -0.39 is 21.7 Å². The lowest BCUT2D eigenvalue weighted by Crippen LogP contribution is -2.39. The fraction of sp³-hybridized carbons (Fsp3) is 0.409.